The van der Waals surface area contributed by atoms with Gasteiger partial charge in [0.2, 0.25) is 0 Å². The molecule has 0 saturated carbocycles. The van der Waals surface area contributed by atoms with Crippen molar-refractivity contribution in [3.8, 4) is 0 Å². The molecule has 0 radical (unpaired) electrons. The van der Waals surface area contributed by atoms with Gasteiger partial charge in [0.05, 0.1) is 11.5 Å². The molecule has 3 rings (SSSR count). The van der Waals surface area contributed by atoms with Gasteiger partial charge < -0.3 is 9.32 Å². The molecule has 2 heterocycles. The third-order valence-corrected chi connectivity index (χ3v) is 6.32. The molecular formula is C17H19NO4S. The Kier molecular flexibility index (Phi) is 4.02. The van der Waals surface area contributed by atoms with E-state index in [0.29, 0.717) is 11.3 Å². The summed E-state index contributed by atoms with van der Waals surface area (Å²) in [4.78, 5) is 14.0. The molecule has 1 saturated heterocycles. The molecule has 1 aromatic heterocycles. The number of benzene rings is 1. The summed E-state index contributed by atoms with van der Waals surface area (Å²) < 4.78 is 29.7. The van der Waals surface area contributed by atoms with E-state index in [0.717, 1.165) is 11.1 Å². The van der Waals surface area contributed by atoms with Crippen molar-refractivity contribution in [2.45, 2.75) is 24.9 Å². The van der Waals surface area contributed by atoms with Gasteiger partial charge in [-0.3, -0.25) is 4.79 Å². The summed E-state index contributed by atoms with van der Waals surface area (Å²) in [6.07, 6.45) is 1.46. The second kappa shape index (κ2) is 5.85. The van der Waals surface area contributed by atoms with Crippen LogP contribution in [0, 0.1) is 13.8 Å². The minimum Gasteiger partial charge on any atom is -0.468 e. The van der Waals surface area contributed by atoms with Crippen LogP contribution in [0.3, 0.4) is 0 Å². The summed E-state index contributed by atoms with van der Waals surface area (Å²) in [7, 11) is -3.30. The van der Waals surface area contributed by atoms with Crippen LogP contribution in [-0.2, 0) is 15.6 Å². The van der Waals surface area contributed by atoms with Gasteiger partial charge in [0, 0.05) is 18.7 Å². The summed E-state index contributed by atoms with van der Waals surface area (Å²) in [5, 5.41) is -0.511. The highest BCUT2D eigenvalue weighted by Crippen LogP contribution is 2.23. The maximum Gasteiger partial charge on any atom is 0.253 e. The standard InChI is InChI=1S/C17H19NO4S/c1-12-5-6-14(8-13(12)2)17(19)18-9-16(10-18)23(20,21)11-15-4-3-7-22-15/h3-8,16H,9-11H2,1-2H3. The number of hydrogen-bond donors (Lipinski definition) is 0. The minimum absolute atomic E-state index is 0.113. The third kappa shape index (κ3) is 3.17. The van der Waals surface area contributed by atoms with E-state index >= 15 is 0 Å². The van der Waals surface area contributed by atoms with Crippen LogP contribution in [0.4, 0.5) is 0 Å². The number of hydrogen-bond acceptors (Lipinski definition) is 4. The first-order valence-corrected chi connectivity index (χ1v) is 9.19. The van der Waals surface area contributed by atoms with Crippen LogP contribution < -0.4 is 0 Å². The molecule has 0 spiro atoms. The van der Waals surface area contributed by atoms with Gasteiger partial charge in [-0.1, -0.05) is 6.07 Å². The van der Waals surface area contributed by atoms with E-state index in [4.69, 9.17) is 4.42 Å². The summed E-state index contributed by atoms with van der Waals surface area (Å²) >= 11 is 0. The van der Waals surface area contributed by atoms with E-state index in [9.17, 15) is 13.2 Å². The number of carbonyl (C=O) groups excluding carboxylic acids is 1. The molecule has 0 aliphatic carbocycles. The zero-order chi connectivity index (χ0) is 16.6. The number of nitrogens with zero attached hydrogens (tertiary/aromatic N) is 1. The maximum atomic E-state index is 12.4. The number of rotatable bonds is 4. The van der Waals surface area contributed by atoms with E-state index < -0.39 is 15.1 Å². The van der Waals surface area contributed by atoms with E-state index in [1.54, 1.807) is 23.1 Å². The SMILES string of the molecule is Cc1ccc(C(=O)N2CC(S(=O)(=O)Cc3ccco3)C2)cc1C. The Labute approximate surface area is 135 Å². The van der Waals surface area contributed by atoms with E-state index in [-0.39, 0.29) is 24.7 Å². The number of likely N-dealkylation sites (tertiary alicyclic amines) is 1. The highest BCUT2D eigenvalue weighted by atomic mass is 32.2. The molecule has 1 aromatic carbocycles. The molecule has 1 aliphatic heterocycles. The van der Waals surface area contributed by atoms with Gasteiger partial charge in [-0.25, -0.2) is 8.42 Å². The molecule has 0 bridgehead atoms. The van der Waals surface area contributed by atoms with E-state index in [1.165, 1.54) is 6.26 Å². The van der Waals surface area contributed by atoms with Crippen LogP contribution >= 0.6 is 0 Å². The van der Waals surface area contributed by atoms with Gasteiger partial charge in [-0.05, 0) is 49.2 Å². The van der Waals surface area contributed by atoms with Crippen LogP contribution in [0.25, 0.3) is 0 Å². The van der Waals surface area contributed by atoms with Crippen molar-refractivity contribution in [3.63, 3.8) is 0 Å². The molecule has 122 valence electrons. The van der Waals surface area contributed by atoms with Crippen LogP contribution in [0.5, 0.6) is 0 Å². The van der Waals surface area contributed by atoms with Crippen LogP contribution in [0.2, 0.25) is 0 Å². The Morgan fingerprint density at radius 2 is 1.96 bits per heavy atom. The lowest BCUT2D eigenvalue weighted by molar-refractivity contribution is 0.0658. The monoisotopic (exact) mass is 333 g/mol. The first-order chi connectivity index (χ1) is 10.9. The topological polar surface area (TPSA) is 67.6 Å². The van der Waals surface area contributed by atoms with Crippen molar-refractivity contribution >= 4 is 15.7 Å². The fourth-order valence-electron chi connectivity index (χ4n) is 2.60. The van der Waals surface area contributed by atoms with Crippen molar-refractivity contribution in [2.75, 3.05) is 13.1 Å². The van der Waals surface area contributed by atoms with Crippen molar-refractivity contribution in [1.82, 2.24) is 4.90 Å². The molecule has 0 unspecified atom stereocenters. The minimum atomic E-state index is -3.30. The van der Waals surface area contributed by atoms with E-state index in [2.05, 4.69) is 0 Å². The molecule has 1 amide bonds. The molecule has 2 aromatic rings. The fraction of sp³-hybridized carbons (Fsp3) is 0.353. The number of sulfone groups is 1. The van der Waals surface area contributed by atoms with Crippen molar-refractivity contribution in [3.05, 3.63) is 59.0 Å². The first-order valence-electron chi connectivity index (χ1n) is 7.47. The smallest absolute Gasteiger partial charge is 0.253 e. The zero-order valence-electron chi connectivity index (χ0n) is 13.2. The largest absolute Gasteiger partial charge is 0.468 e. The number of amides is 1. The highest BCUT2D eigenvalue weighted by Gasteiger charge is 2.40. The highest BCUT2D eigenvalue weighted by molar-refractivity contribution is 7.91. The average molecular weight is 333 g/mol. The maximum absolute atomic E-state index is 12.4. The first kappa shape index (κ1) is 15.8. The van der Waals surface area contributed by atoms with Gasteiger partial charge in [-0.2, -0.15) is 0 Å². The molecule has 0 N–H and O–H groups in total. The van der Waals surface area contributed by atoms with Crippen molar-refractivity contribution in [1.29, 1.82) is 0 Å². The molecule has 6 heteroatoms. The summed E-state index contributed by atoms with van der Waals surface area (Å²) in [5.74, 6) is 0.206. The normalized spacial score (nSPS) is 15.5. The predicted octanol–water partition coefficient (Wildman–Crippen LogP) is 2.34. The third-order valence-electron chi connectivity index (χ3n) is 4.32. The lowest BCUT2D eigenvalue weighted by Gasteiger charge is -2.38. The zero-order valence-corrected chi connectivity index (χ0v) is 14.0. The van der Waals surface area contributed by atoms with Crippen LogP contribution in [0.15, 0.2) is 41.0 Å². The summed E-state index contributed by atoms with van der Waals surface area (Å²) in [6.45, 7) is 4.44. The molecular weight excluding hydrogens is 314 g/mol. The number of carbonyl (C=O) groups is 1. The molecule has 23 heavy (non-hydrogen) atoms. The Morgan fingerprint density at radius 3 is 2.57 bits per heavy atom. The quantitative estimate of drug-likeness (QED) is 0.861. The predicted molar refractivity (Wildman–Crippen MR) is 86.9 cm³/mol. The Hall–Kier alpha value is -2.08. The molecule has 0 atom stereocenters. The van der Waals surface area contributed by atoms with Gasteiger partial charge in [0.25, 0.3) is 5.91 Å². The van der Waals surface area contributed by atoms with Gasteiger partial charge in [-0.15, -0.1) is 0 Å². The van der Waals surface area contributed by atoms with Crippen LogP contribution in [0.1, 0.15) is 27.2 Å². The lowest BCUT2D eigenvalue weighted by atomic mass is 10.0. The summed E-state index contributed by atoms with van der Waals surface area (Å²) in [6, 6.07) is 8.86. The Morgan fingerprint density at radius 1 is 1.22 bits per heavy atom. The second-order valence-corrected chi connectivity index (χ2v) is 8.30. The van der Waals surface area contributed by atoms with Crippen LogP contribution in [-0.4, -0.2) is 37.6 Å². The van der Waals surface area contributed by atoms with Gasteiger partial charge >= 0.3 is 0 Å². The second-order valence-electron chi connectivity index (χ2n) is 6.02. The number of aryl methyl sites for hydroxylation is 2. The van der Waals surface area contributed by atoms with Gasteiger partial charge in [0.15, 0.2) is 9.84 Å². The number of furan rings is 1. The summed E-state index contributed by atoms with van der Waals surface area (Å²) in [5.41, 5.74) is 2.79. The molecule has 1 fully saturated rings. The Bertz CT molecular complexity index is 818. The van der Waals surface area contributed by atoms with Gasteiger partial charge in [0.1, 0.15) is 11.5 Å². The average Bonchev–Trinajstić information content (AvgIpc) is 2.91. The molecule has 5 nitrogen and oxygen atoms in total. The Balaban J connectivity index is 1.64. The van der Waals surface area contributed by atoms with Crippen molar-refractivity contribution in [2.24, 2.45) is 0 Å². The lowest BCUT2D eigenvalue weighted by Crippen LogP contribution is -2.57. The van der Waals surface area contributed by atoms with E-state index in [1.807, 2.05) is 26.0 Å². The van der Waals surface area contributed by atoms with Crippen molar-refractivity contribution < 1.29 is 17.6 Å². The molecule has 1 aliphatic rings. The fourth-order valence-corrected chi connectivity index (χ4v) is 4.21.